The van der Waals surface area contributed by atoms with Gasteiger partial charge in [0.1, 0.15) is 0 Å². The van der Waals surface area contributed by atoms with Gasteiger partial charge in [-0.25, -0.2) is 0 Å². The predicted octanol–water partition coefficient (Wildman–Crippen LogP) is 0.969. The van der Waals surface area contributed by atoms with Gasteiger partial charge in [-0.2, -0.15) is 5.10 Å². The third-order valence-electron chi connectivity index (χ3n) is 2.16. The van der Waals surface area contributed by atoms with Crippen molar-refractivity contribution in [3.05, 3.63) is 34.0 Å². The molecule has 15 heavy (non-hydrogen) atoms. The van der Waals surface area contributed by atoms with Crippen molar-refractivity contribution in [2.24, 2.45) is 0 Å². The molecule has 1 aromatic heterocycles. The van der Waals surface area contributed by atoms with E-state index in [1.165, 1.54) is 6.26 Å². The van der Waals surface area contributed by atoms with Gasteiger partial charge in [-0.15, -0.1) is 0 Å². The Labute approximate surface area is 88.8 Å². The van der Waals surface area contributed by atoms with Crippen LogP contribution in [0.5, 0.6) is 0 Å². The van der Waals surface area contributed by atoms with Crippen LogP contribution < -0.4 is 5.43 Å². The fourth-order valence-corrected chi connectivity index (χ4v) is 1.96. The van der Waals surface area contributed by atoms with E-state index in [9.17, 15) is 9.00 Å². The topological polar surface area (TPSA) is 62.8 Å². The van der Waals surface area contributed by atoms with E-state index in [2.05, 4.69) is 10.2 Å². The fourth-order valence-electron chi connectivity index (χ4n) is 1.42. The van der Waals surface area contributed by atoms with Gasteiger partial charge in [0.25, 0.3) is 0 Å². The highest BCUT2D eigenvalue weighted by molar-refractivity contribution is 7.84. The quantitative estimate of drug-likeness (QED) is 0.782. The summed E-state index contributed by atoms with van der Waals surface area (Å²) in [7, 11) is -1.36. The molecule has 5 heteroatoms. The van der Waals surface area contributed by atoms with Gasteiger partial charge < -0.3 is 0 Å². The molecule has 78 valence electrons. The van der Waals surface area contributed by atoms with Crippen LogP contribution in [0.15, 0.2) is 28.0 Å². The predicted molar refractivity (Wildman–Crippen MR) is 59.4 cm³/mol. The molecule has 1 heterocycles. The molecular weight excluding hydrogens is 212 g/mol. The van der Waals surface area contributed by atoms with E-state index in [-0.39, 0.29) is 10.5 Å². The minimum atomic E-state index is -1.36. The molecule has 0 bridgehead atoms. The maximum atomic E-state index is 11.8. The molecule has 1 aromatic carbocycles. The van der Waals surface area contributed by atoms with Crippen molar-refractivity contribution in [3.8, 4) is 0 Å². The minimum absolute atomic E-state index is 0.0769. The van der Waals surface area contributed by atoms with Gasteiger partial charge >= 0.3 is 0 Å². The molecule has 0 fully saturated rings. The van der Waals surface area contributed by atoms with E-state index in [1.807, 2.05) is 13.0 Å². The number of hydrogen-bond donors (Lipinski definition) is 1. The number of nitrogens with zero attached hydrogens (tertiary/aromatic N) is 1. The molecule has 0 unspecified atom stereocenters. The van der Waals surface area contributed by atoms with Crippen molar-refractivity contribution in [2.75, 3.05) is 6.26 Å². The van der Waals surface area contributed by atoms with Crippen LogP contribution >= 0.6 is 0 Å². The van der Waals surface area contributed by atoms with Crippen molar-refractivity contribution >= 4 is 21.7 Å². The number of nitrogens with one attached hydrogen (secondary N) is 1. The van der Waals surface area contributed by atoms with Crippen LogP contribution in [-0.2, 0) is 10.8 Å². The first-order valence-corrected chi connectivity index (χ1v) is 5.98. The van der Waals surface area contributed by atoms with E-state index in [0.29, 0.717) is 10.9 Å². The van der Waals surface area contributed by atoms with Gasteiger partial charge in [-0.3, -0.25) is 14.1 Å². The van der Waals surface area contributed by atoms with Crippen molar-refractivity contribution in [3.63, 3.8) is 0 Å². The summed E-state index contributed by atoms with van der Waals surface area (Å²) in [5.41, 5.74) is 1.40. The van der Waals surface area contributed by atoms with E-state index in [0.717, 1.165) is 5.56 Å². The molecule has 2 aromatic rings. The molecule has 0 aliphatic carbocycles. The van der Waals surface area contributed by atoms with E-state index in [1.54, 1.807) is 12.1 Å². The number of rotatable bonds is 1. The van der Waals surface area contributed by atoms with Crippen LogP contribution in [0.2, 0.25) is 0 Å². The fraction of sp³-hybridized carbons (Fsp3) is 0.200. The van der Waals surface area contributed by atoms with Crippen LogP contribution in [0.4, 0.5) is 0 Å². The minimum Gasteiger partial charge on any atom is -0.286 e. The summed E-state index contributed by atoms with van der Waals surface area (Å²) in [6.45, 7) is 1.90. The molecule has 0 amide bonds. The van der Waals surface area contributed by atoms with Gasteiger partial charge in [0.2, 0.25) is 5.43 Å². The first-order valence-electron chi connectivity index (χ1n) is 4.42. The molecule has 0 spiro atoms. The lowest BCUT2D eigenvalue weighted by atomic mass is 10.1. The molecule has 0 aliphatic rings. The lowest BCUT2D eigenvalue weighted by molar-refractivity contribution is 0.681. The number of benzene rings is 1. The SMILES string of the molecule is Cc1ccc2[nH]nc([S@](C)=O)c(=O)c2c1. The summed E-state index contributed by atoms with van der Waals surface area (Å²) in [5, 5.41) is 7.14. The molecule has 1 N–H and O–H groups in total. The van der Waals surface area contributed by atoms with Crippen LogP contribution in [0.1, 0.15) is 5.56 Å². The Morgan fingerprint density at radius 2 is 2.13 bits per heavy atom. The summed E-state index contributed by atoms with van der Waals surface area (Å²) in [6, 6.07) is 5.45. The maximum Gasteiger partial charge on any atom is 0.224 e. The van der Waals surface area contributed by atoms with E-state index < -0.39 is 10.8 Å². The lowest BCUT2D eigenvalue weighted by Gasteiger charge is -2.00. The number of aromatic nitrogens is 2. The summed E-state index contributed by atoms with van der Waals surface area (Å²) in [4.78, 5) is 11.8. The summed E-state index contributed by atoms with van der Waals surface area (Å²) in [5.74, 6) is 0. The van der Waals surface area contributed by atoms with Crippen molar-refractivity contribution < 1.29 is 4.21 Å². The highest BCUT2D eigenvalue weighted by atomic mass is 32.2. The van der Waals surface area contributed by atoms with E-state index >= 15 is 0 Å². The Balaban J connectivity index is 2.89. The van der Waals surface area contributed by atoms with Crippen LogP contribution in [0, 0.1) is 6.92 Å². The molecule has 0 saturated carbocycles. The standard InChI is InChI=1S/C10H10N2O2S/c1-6-3-4-8-7(5-6)9(13)10(12-11-8)15(2)14/h3-5H,1-2H3,(H,11,13)/t15-/m0/s1. The summed E-state index contributed by atoms with van der Waals surface area (Å²) >= 11 is 0. The normalized spacial score (nSPS) is 12.9. The maximum absolute atomic E-state index is 11.8. The number of H-pyrrole nitrogens is 1. The van der Waals surface area contributed by atoms with E-state index in [4.69, 9.17) is 0 Å². The Morgan fingerprint density at radius 3 is 2.80 bits per heavy atom. The van der Waals surface area contributed by atoms with Crippen molar-refractivity contribution in [2.45, 2.75) is 11.9 Å². The highest BCUT2D eigenvalue weighted by Crippen LogP contribution is 2.09. The number of hydrogen-bond acceptors (Lipinski definition) is 3. The second-order valence-corrected chi connectivity index (χ2v) is 4.66. The zero-order chi connectivity index (χ0) is 11.0. The molecule has 4 nitrogen and oxygen atoms in total. The van der Waals surface area contributed by atoms with Crippen LogP contribution in [0.3, 0.4) is 0 Å². The average molecular weight is 222 g/mol. The Hall–Kier alpha value is -1.49. The monoisotopic (exact) mass is 222 g/mol. The Morgan fingerprint density at radius 1 is 1.40 bits per heavy atom. The summed E-state index contributed by atoms with van der Waals surface area (Å²) in [6.07, 6.45) is 1.44. The lowest BCUT2D eigenvalue weighted by Crippen LogP contribution is -2.14. The average Bonchev–Trinajstić information content (AvgIpc) is 2.19. The Kier molecular flexibility index (Phi) is 2.40. The van der Waals surface area contributed by atoms with Gasteiger partial charge in [0.05, 0.1) is 21.7 Å². The van der Waals surface area contributed by atoms with Crippen molar-refractivity contribution in [1.29, 1.82) is 0 Å². The van der Waals surface area contributed by atoms with Gasteiger partial charge in [0.15, 0.2) is 5.03 Å². The highest BCUT2D eigenvalue weighted by Gasteiger charge is 2.09. The molecule has 0 radical (unpaired) electrons. The Bertz CT molecular complexity index is 604. The third kappa shape index (κ3) is 1.70. The second-order valence-electron chi connectivity index (χ2n) is 3.36. The molecule has 0 aliphatic heterocycles. The molecule has 2 rings (SSSR count). The van der Waals surface area contributed by atoms with Crippen LogP contribution in [-0.4, -0.2) is 20.7 Å². The largest absolute Gasteiger partial charge is 0.286 e. The molecular formula is C10H10N2O2S. The van der Waals surface area contributed by atoms with Gasteiger partial charge in [0, 0.05) is 6.26 Å². The molecule has 1 atom stereocenters. The number of fused-ring (bicyclic) bond motifs is 1. The summed E-state index contributed by atoms with van der Waals surface area (Å²) < 4.78 is 11.2. The van der Waals surface area contributed by atoms with Gasteiger partial charge in [-0.05, 0) is 19.1 Å². The first kappa shape index (κ1) is 10.0. The second kappa shape index (κ2) is 3.58. The first-order chi connectivity index (χ1) is 7.09. The molecule has 0 saturated heterocycles. The number of aromatic amines is 1. The third-order valence-corrected chi connectivity index (χ3v) is 2.99. The number of aryl methyl sites for hydroxylation is 1. The van der Waals surface area contributed by atoms with Crippen molar-refractivity contribution in [1.82, 2.24) is 10.2 Å². The zero-order valence-corrected chi connectivity index (χ0v) is 9.22. The smallest absolute Gasteiger partial charge is 0.224 e. The van der Waals surface area contributed by atoms with Crippen LogP contribution in [0.25, 0.3) is 10.9 Å². The van der Waals surface area contributed by atoms with Gasteiger partial charge in [-0.1, -0.05) is 11.6 Å². The zero-order valence-electron chi connectivity index (χ0n) is 8.40.